The number of carbonyl (C=O) groups is 1. The molecule has 0 unspecified atom stereocenters. The van der Waals surface area contributed by atoms with Gasteiger partial charge in [0, 0.05) is 30.0 Å². The number of aryl methyl sites for hydroxylation is 1. The molecule has 158 valence electrons. The fraction of sp³-hybridized carbons (Fsp3) is 0.304. The Hall–Kier alpha value is -2.77. The molecule has 1 saturated heterocycles. The molecular weight excluding hydrogens is 432 g/mol. The summed E-state index contributed by atoms with van der Waals surface area (Å²) < 4.78 is 6.53. The highest BCUT2D eigenvalue weighted by Gasteiger charge is 2.30. The quantitative estimate of drug-likeness (QED) is 0.389. The molecule has 6 nitrogen and oxygen atoms in total. The van der Waals surface area contributed by atoms with E-state index in [2.05, 4.69) is 16.2 Å². The van der Waals surface area contributed by atoms with Crippen molar-refractivity contribution in [1.82, 2.24) is 20.0 Å². The first-order chi connectivity index (χ1) is 15.2. The largest absolute Gasteiger partial charge is 0.339 e. The SMILES string of the molecule is O=C(CCc1nc(-c2ccc(Cl)cc2)no1)N1CCCC[C@H]1c1nc2ccccc2s1. The van der Waals surface area contributed by atoms with Crippen LogP contribution in [0.1, 0.15) is 42.6 Å². The highest BCUT2D eigenvalue weighted by Crippen LogP contribution is 2.36. The van der Waals surface area contributed by atoms with Crippen LogP contribution in [0.4, 0.5) is 0 Å². The number of halogens is 1. The van der Waals surface area contributed by atoms with Gasteiger partial charge in [0.2, 0.25) is 17.6 Å². The fourth-order valence-electron chi connectivity index (χ4n) is 3.95. The zero-order valence-corrected chi connectivity index (χ0v) is 18.4. The number of likely N-dealkylation sites (tertiary alicyclic amines) is 1. The van der Waals surface area contributed by atoms with Gasteiger partial charge in [-0.05, 0) is 55.7 Å². The van der Waals surface area contributed by atoms with Crippen molar-refractivity contribution in [3.05, 3.63) is 64.5 Å². The highest BCUT2D eigenvalue weighted by atomic mass is 35.5. The van der Waals surface area contributed by atoms with Gasteiger partial charge in [-0.3, -0.25) is 4.79 Å². The Balaban J connectivity index is 1.27. The lowest BCUT2D eigenvalue weighted by molar-refractivity contribution is -0.135. The summed E-state index contributed by atoms with van der Waals surface area (Å²) in [6.45, 7) is 0.763. The van der Waals surface area contributed by atoms with E-state index in [1.54, 1.807) is 23.5 Å². The molecule has 1 amide bonds. The van der Waals surface area contributed by atoms with Gasteiger partial charge >= 0.3 is 0 Å². The average molecular weight is 453 g/mol. The first-order valence-corrected chi connectivity index (χ1v) is 11.6. The van der Waals surface area contributed by atoms with Crippen LogP contribution in [0.15, 0.2) is 53.1 Å². The molecule has 0 saturated carbocycles. The molecule has 0 radical (unpaired) electrons. The van der Waals surface area contributed by atoms with Crippen LogP contribution in [-0.4, -0.2) is 32.5 Å². The Kier molecular flexibility index (Phi) is 5.70. The molecule has 0 aliphatic carbocycles. The highest BCUT2D eigenvalue weighted by molar-refractivity contribution is 7.18. The van der Waals surface area contributed by atoms with Gasteiger partial charge in [0.1, 0.15) is 5.01 Å². The maximum absolute atomic E-state index is 13.1. The van der Waals surface area contributed by atoms with E-state index in [0.717, 1.165) is 46.6 Å². The summed E-state index contributed by atoms with van der Waals surface area (Å²) in [5.74, 6) is 1.08. The van der Waals surface area contributed by atoms with Crippen LogP contribution in [0.3, 0.4) is 0 Å². The maximum atomic E-state index is 13.1. The molecule has 1 atom stereocenters. The minimum atomic E-state index is 0.0472. The van der Waals surface area contributed by atoms with Gasteiger partial charge in [0.25, 0.3) is 0 Å². The molecule has 2 aromatic carbocycles. The van der Waals surface area contributed by atoms with Crippen LogP contribution in [0.5, 0.6) is 0 Å². The predicted octanol–water partition coefficient (Wildman–Crippen LogP) is 5.69. The number of thiazole rings is 1. The molecule has 3 heterocycles. The lowest BCUT2D eigenvalue weighted by Gasteiger charge is -2.34. The maximum Gasteiger partial charge on any atom is 0.227 e. The third-order valence-electron chi connectivity index (χ3n) is 5.54. The molecular formula is C23H21ClN4O2S. The number of hydrogen-bond acceptors (Lipinski definition) is 6. The van der Waals surface area contributed by atoms with E-state index >= 15 is 0 Å². The molecule has 4 aromatic rings. The third kappa shape index (κ3) is 4.34. The second kappa shape index (κ2) is 8.77. The van der Waals surface area contributed by atoms with Crippen molar-refractivity contribution in [2.75, 3.05) is 6.54 Å². The van der Waals surface area contributed by atoms with Crippen LogP contribution in [0, 0.1) is 0 Å². The standard InChI is InChI=1S/C23H21ClN4O2S/c24-16-10-8-15(9-11-16)22-26-20(30-27-22)12-13-21(29)28-14-4-3-6-18(28)23-25-17-5-1-2-7-19(17)31-23/h1-2,5,7-11,18H,3-4,6,12-14H2/t18-/m0/s1. The van der Waals surface area contributed by atoms with Gasteiger partial charge in [0.15, 0.2) is 0 Å². The summed E-state index contributed by atoms with van der Waals surface area (Å²) in [4.78, 5) is 24.3. The van der Waals surface area contributed by atoms with E-state index in [9.17, 15) is 4.79 Å². The lowest BCUT2D eigenvalue weighted by atomic mass is 10.0. The molecule has 1 aliphatic heterocycles. The van der Waals surface area contributed by atoms with Crippen molar-refractivity contribution in [2.45, 2.75) is 38.1 Å². The van der Waals surface area contributed by atoms with E-state index in [1.165, 1.54) is 0 Å². The van der Waals surface area contributed by atoms with Crippen molar-refractivity contribution < 1.29 is 9.32 Å². The Labute approximate surface area is 188 Å². The summed E-state index contributed by atoms with van der Waals surface area (Å²) >= 11 is 7.62. The van der Waals surface area contributed by atoms with Gasteiger partial charge in [-0.1, -0.05) is 28.9 Å². The Morgan fingerprint density at radius 3 is 2.81 bits per heavy atom. The lowest BCUT2D eigenvalue weighted by Crippen LogP contribution is -2.38. The van der Waals surface area contributed by atoms with Crippen molar-refractivity contribution in [3.63, 3.8) is 0 Å². The Morgan fingerprint density at radius 1 is 1.13 bits per heavy atom. The van der Waals surface area contributed by atoms with E-state index in [0.29, 0.717) is 29.6 Å². The van der Waals surface area contributed by atoms with Gasteiger partial charge < -0.3 is 9.42 Å². The number of nitrogens with zero attached hydrogens (tertiary/aromatic N) is 4. The molecule has 8 heteroatoms. The van der Waals surface area contributed by atoms with Crippen LogP contribution < -0.4 is 0 Å². The topological polar surface area (TPSA) is 72.1 Å². The number of benzene rings is 2. The smallest absolute Gasteiger partial charge is 0.227 e. The second-order valence-electron chi connectivity index (χ2n) is 7.64. The number of piperidine rings is 1. The van der Waals surface area contributed by atoms with Crippen LogP contribution >= 0.6 is 22.9 Å². The van der Waals surface area contributed by atoms with Gasteiger partial charge in [-0.2, -0.15) is 4.98 Å². The first kappa shape index (κ1) is 20.2. The summed E-state index contributed by atoms with van der Waals surface area (Å²) in [7, 11) is 0. The van der Waals surface area contributed by atoms with Crippen LogP contribution in [0.2, 0.25) is 5.02 Å². The third-order valence-corrected chi connectivity index (χ3v) is 6.93. The number of fused-ring (bicyclic) bond motifs is 1. The number of hydrogen-bond donors (Lipinski definition) is 0. The van der Waals surface area contributed by atoms with Crippen molar-refractivity contribution >= 4 is 39.1 Å². The molecule has 5 rings (SSSR count). The molecule has 0 N–H and O–H groups in total. The van der Waals surface area contributed by atoms with E-state index in [-0.39, 0.29) is 11.9 Å². The summed E-state index contributed by atoms with van der Waals surface area (Å²) in [5.41, 5.74) is 1.83. The van der Waals surface area contributed by atoms with E-state index in [1.807, 2.05) is 35.2 Å². The second-order valence-corrected chi connectivity index (χ2v) is 9.14. The van der Waals surface area contributed by atoms with E-state index < -0.39 is 0 Å². The van der Waals surface area contributed by atoms with Crippen molar-refractivity contribution in [2.24, 2.45) is 0 Å². The number of carbonyl (C=O) groups excluding carboxylic acids is 1. The van der Waals surface area contributed by atoms with Gasteiger partial charge in [-0.15, -0.1) is 11.3 Å². The Morgan fingerprint density at radius 2 is 1.97 bits per heavy atom. The van der Waals surface area contributed by atoms with Crippen molar-refractivity contribution in [1.29, 1.82) is 0 Å². The normalized spacial score (nSPS) is 16.7. The van der Waals surface area contributed by atoms with E-state index in [4.69, 9.17) is 21.1 Å². The number of para-hydroxylation sites is 1. The number of amides is 1. The zero-order chi connectivity index (χ0) is 21.2. The summed E-state index contributed by atoms with van der Waals surface area (Å²) in [6.07, 6.45) is 3.84. The average Bonchev–Trinajstić information content (AvgIpc) is 3.45. The molecule has 1 fully saturated rings. The molecule has 0 spiro atoms. The molecule has 31 heavy (non-hydrogen) atoms. The Bertz CT molecular complexity index is 1170. The van der Waals surface area contributed by atoms with Crippen LogP contribution in [0.25, 0.3) is 21.6 Å². The van der Waals surface area contributed by atoms with Crippen LogP contribution in [-0.2, 0) is 11.2 Å². The monoisotopic (exact) mass is 452 g/mol. The summed E-state index contributed by atoms with van der Waals surface area (Å²) in [5, 5.41) is 5.71. The number of aromatic nitrogens is 3. The fourth-order valence-corrected chi connectivity index (χ4v) is 5.19. The minimum absolute atomic E-state index is 0.0472. The van der Waals surface area contributed by atoms with Gasteiger partial charge in [0.05, 0.1) is 16.3 Å². The molecule has 0 bridgehead atoms. The predicted molar refractivity (Wildman–Crippen MR) is 121 cm³/mol. The molecule has 2 aromatic heterocycles. The first-order valence-electron chi connectivity index (χ1n) is 10.4. The van der Waals surface area contributed by atoms with Gasteiger partial charge in [-0.25, -0.2) is 4.98 Å². The minimum Gasteiger partial charge on any atom is -0.339 e. The zero-order valence-electron chi connectivity index (χ0n) is 16.8. The van der Waals surface area contributed by atoms with Crippen molar-refractivity contribution in [3.8, 4) is 11.4 Å². The number of rotatable bonds is 5. The molecule has 1 aliphatic rings. The summed E-state index contributed by atoms with van der Waals surface area (Å²) in [6, 6.07) is 15.4.